The fraction of sp³-hybridized carbons (Fsp3) is 0.130. The summed E-state index contributed by atoms with van der Waals surface area (Å²) >= 11 is 9.52. The largest absolute Gasteiger partial charge is 0.467 e. The molecule has 7 heteroatoms. The molecule has 0 fully saturated rings. The second kappa shape index (κ2) is 7.87. The summed E-state index contributed by atoms with van der Waals surface area (Å²) < 4.78 is 7.57. The highest BCUT2D eigenvalue weighted by Crippen LogP contribution is 2.38. The van der Waals surface area contributed by atoms with Crippen LogP contribution in [0.2, 0.25) is 5.02 Å². The molecule has 0 saturated heterocycles. The van der Waals surface area contributed by atoms with Crippen LogP contribution in [0.3, 0.4) is 0 Å². The molecule has 0 bridgehead atoms. The first-order valence-electron chi connectivity index (χ1n) is 9.55. The molecule has 0 spiro atoms. The quantitative estimate of drug-likeness (QED) is 0.284. The van der Waals surface area contributed by atoms with Gasteiger partial charge in [-0.25, -0.2) is 4.98 Å². The highest BCUT2D eigenvalue weighted by molar-refractivity contribution is 7.23. The molecule has 30 heavy (non-hydrogen) atoms. The number of furan rings is 1. The Bertz CT molecular complexity index is 1350. The molecule has 5 rings (SSSR count). The van der Waals surface area contributed by atoms with Crippen LogP contribution in [0.25, 0.3) is 20.3 Å². The summed E-state index contributed by atoms with van der Waals surface area (Å²) in [4.78, 5) is 20.6. The van der Waals surface area contributed by atoms with Gasteiger partial charge in [0, 0.05) is 10.1 Å². The topological polar surface area (TPSA) is 46.3 Å². The third-order valence-electron chi connectivity index (χ3n) is 4.95. The third kappa shape index (κ3) is 3.41. The van der Waals surface area contributed by atoms with Crippen LogP contribution in [-0.4, -0.2) is 10.9 Å². The molecule has 0 saturated carbocycles. The Balaban J connectivity index is 1.61. The van der Waals surface area contributed by atoms with E-state index in [4.69, 9.17) is 21.0 Å². The molecule has 0 atom stereocenters. The Morgan fingerprint density at radius 3 is 2.73 bits per heavy atom. The summed E-state index contributed by atoms with van der Waals surface area (Å²) in [5.74, 6) is 0.515. The Kier molecular flexibility index (Phi) is 5.06. The zero-order chi connectivity index (χ0) is 20.7. The number of hydrogen-bond donors (Lipinski definition) is 0. The third-order valence-corrected chi connectivity index (χ3v) is 7.65. The van der Waals surface area contributed by atoms with E-state index in [1.54, 1.807) is 11.2 Å². The number of carbonyl (C=O) groups is 1. The number of amides is 1. The molecule has 3 aromatic heterocycles. The highest BCUT2D eigenvalue weighted by atomic mass is 35.5. The van der Waals surface area contributed by atoms with Gasteiger partial charge in [0.2, 0.25) is 0 Å². The summed E-state index contributed by atoms with van der Waals surface area (Å²) in [5, 5.41) is 2.01. The lowest BCUT2D eigenvalue weighted by Gasteiger charge is -2.18. The van der Waals surface area contributed by atoms with Crippen molar-refractivity contribution < 1.29 is 9.21 Å². The summed E-state index contributed by atoms with van der Waals surface area (Å²) in [6, 6.07) is 17.7. The van der Waals surface area contributed by atoms with Gasteiger partial charge in [0.15, 0.2) is 5.13 Å². The Morgan fingerprint density at radius 1 is 1.10 bits per heavy atom. The second-order valence-corrected chi connectivity index (χ2v) is 9.30. The minimum Gasteiger partial charge on any atom is -0.467 e. The zero-order valence-corrected chi connectivity index (χ0v) is 18.5. The van der Waals surface area contributed by atoms with E-state index in [0.29, 0.717) is 20.8 Å². The maximum atomic E-state index is 13.6. The number of aryl methyl sites for hydroxylation is 1. The standard InChI is InChI=1S/C23H17ClN2O2S2/c1-2-14-9-10-17-19(12-14)30-23(25-17)26(13-15-6-5-11-28-15)22(27)21-20(24)16-7-3-4-8-18(16)29-21/h3-12H,2,13H2,1H3. The van der Waals surface area contributed by atoms with Crippen LogP contribution in [0, 0.1) is 0 Å². The number of fused-ring (bicyclic) bond motifs is 2. The van der Waals surface area contributed by atoms with Crippen molar-refractivity contribution in [3.8, 4) is 0 Å². The van der Waals surface area contributed by atoms with Gasteiger partial charge >= 0.3 is 0 Å². The number of thiazole rings is 1. The average molecular weight is 453 g/mol. The number of rotatable bonds is 5. The number of halogens is 1. The van der Waals surface area contributed by atoms with Crippen molar-refractivity contribution in [2.45, 2.75) is 19.9 Å². The fourth-order valence-corrected chi connectivity index (χ4v) is 5.84. The van der Waals surface area contributed by atoms with E-state index < -0.39 is 0 Å². The molecule has 0 aliphatic heterocycles. The van der Waals surface area contributed by atoms with Crippen molar-refractivity contribution in [3.63, 3.8) is 0 Å². The molecule has 3 heterocycles. The van der Waals surface area contributed by atoms with Crippen molar-refractivity contribution in [1.29, 1.82) is 0 Å². The average Bonchev–Trinajstić information content (AvgIpc) is 3.50. The smallest absolute Gasteiger partial charge is 0.272 e. The maximum absolute atomic E-state index is 13.6. The van der Waals surface area contributed by atoms with E-state index in [2.05, 4.69) is 19.1 Å². The Hall–Kier alpha value is -2.67. The molecule has 0 radical (unpaired) electrons. The minimum atomic E-state index is -0.174. The monoisotopic (exact) mass is 452 g/mol. The maximum Gasteiger partial charge on any atom is 0.272 e. The van der Waals surface area contributed by atoms with E-state index in [9.17, 15) is 4.79 Å². The molecule has 0 unspecified atom stereocenters. The van der Waals surface area contributed by atoms with Gasteiger partial charge in [-0.2, -0.15) is 0 Å². The summed E-state index contributed by atoms with van der Waals surface area (Å²) in [7, 11) is 0. The van der Waals surface area contributed by atoms with Crippen LogP contribution in [-0.2, 0) is 13.0 Å². The van der Waals surface area contributed by atoms with Gasteiger partial charge in [-0.1, -0.05) is 54.1 Å². The van der Waals surface area contributed by atoms with Crippen LogP contribution in [0.1, 0.15) is 27.9 Å². The highest BCUT2D eigenvalue weighted by Gasteiger charge is 2.27. The number of hydrogen-bond acceptors (Lipinski definition) is 5. The van der Waals surface area contributed by atoms with Gasteiger partial charge in [-0.15, -0.1) is 11.3 Å². The minimum absolute atomic E-state index is 0.174. The normalized spacial score (nSPS) is 11.4. The number of nitrogens with zero attached hydrogens (tertiary/aromatic N) is 2. The van der Waals surface area contributed by atoms with E-state index in [0.717, 1.165) is 26.7 Å². The molecular formula is C23H17ClN2O2S2. The lowest BCUT2D eigenvalue weighted by Crippen LogP contribution is -2.29. The van der Waals surface area contributed by atoms with Gasteiger partial charge in [0.05, 0.1) is 28.0 Å². The summed E-state index contributed by atoms with van der Waals surface area (Å²) in [6.45, 7) is 2.41. The number of aromatic nitrogens is 1. The van der Waals surface area contributed by atoms with Crippen molar-refractivity contribution in [2.75, 3.05) is 4.90 Å². The first-order valence-corrected chi connectivity index (χ1v) is 11.6. The molecule has 0 N–H and O–H groups in total. The van der Waals surface area contributed by atoms with E-state index >= 15 is 0 Å². The van der Waals surface area contributed by atoms with Crippen LogP contribution < -0.4 is 4.90 Å². The molecule has 0 aliphatic rings. The van der Waals surface area contributed by atoms with Crippen LogP contribution in [0.5, 0.6) is 0 Å². The predicted molar refractivity (Wildman–Crippen MR) is 125 cm³/mol. The molecule has 5 aromatic rings. The van der Waals surface area contributed by atoms with E-state index in [1.165, 1.54) is 28.2 Å². The molecule has 1 amide bonds. The van der Waals surface area contributed by atoms with Gasteiger partial charge in [0.1, 0.15) is 10.6 Å². The number of carbonyl (C=O) groups excluding carboxylic acids is 1. The lowest BCUT2D eigenvalue weighted by atomic mass is 10.2. The number of anilines is 1. The second-order valence-electron chi connectivity index (χ2n) is 6.86. The molecule has 150 valence electrons. The lowest BCUT2D eigenvalue weighted by molar-refractivity contribution is 0.0987. The zero-order valence-electron chi connectivity index (χ0n) is 16.1. The van der Waals surface area contributed by atoms with E-state index in [1.807, 2.05) is 42.5 Å². The molecule has 2 aromatic carbocycles. The van der Waals surface area contributed by atoms with Crippen LogP contribution in [0.4, 0.5) is 5.13 Å². The number of thiophene rings is 1. The first-order chi connectivity index (χ1) is 14.6. The Labute approximate surface area is 186 Å². The van der Waals surface area contributed by atoms with Crippen molar-refractivity contribution in [1.82, 2.24) is 4.98 Å². The fourth-order valence-electron chi connectivity index (χ4n) is 3.35. The number of benzene rings is 2. The van der Waals surface area contributed by atoms with Crippen LogP contribution >= 0.6 is 34.3 Å². The Morgan fingerprint density at radius 2 is 1.97 bits per heavy atom. The van der Waals surface area contributed by atoms with Gasteiger partial charge in [0.25, 0.3) is 5.91 Å². The van der Waals surface area contributed by atoms with E-state index in [-0.39, 0.29) is 12.5 Å². The van der Waals surface area contributed by atoms with Crippen molar-refractivity contribution >= 4 is 65.6 Å². The van der Waals surface area contributed by atoms with Gasteiger partial charge < -0.3 is 4.42 Å². The van der Waals surface area contributed by atoms with Gasteiger partial charge in [-0.3, -0.25) is 9.69 Å². The summed E-state index contributed by atoms with van der Waals surface area (Å²) in [6.07, 6.45) is 2.56. The van der Waals surface area contributed by atoms with Crippen molar-refractivity contribution in [2.24, 2.45) is 0 Å². The van der Waals surface area contributed by atoms with Crippen molar-refractivity contribution in [3.05, 3.63) is 82.1 Å². The predicted octanol–water partition coefficient (Wildman–Crippen LogP) is 7.17. The molecular weight excluding hydrogens is 436 g/mol. The molecule has 0 aliphatic carbocycles. The van der Waals surface area contributed by atoms with Crippen LogP contribution in [0.15, 0.2) is 65.3 Å². The first kappa shape index (κ1) is 19.3. The van der Waals surface area contributed by atoms with Gasteiger partial charge in [-0.05, 0) is 42.3 Å². The molecule has 4 nitrogen and oxygen atoms in total. The SMILES string of the molecule is CCc1ccc2nc(N(Cc3ccco3)C(=O)c3sc4ccccc4c3Cl)sc2c1. The summed E-state index contributed by atoms with van der Waals surface area (Å²) in [5.41, 5.74) is 2.13.